The highest BCUT2D eigenvalue weighted by Gasteiger charge is 2.25. The highest BCUT2D eigenvalue weighted by molar-refractivity contribution is 5.87. The first kappa shape index (κ1) is 17.1. The van der Waals surface area contributed by atoms with Gasteiger partial charge in [-0.1, -0.05) is 30.3 Å². The zero-order chi connectivity index (χ0) is 15.8. The molecule has 1 aromatic rings. The van der Waals surface area contributed by atoms with E-state index in [4.69, 9.17) is 15.9 Å². The molecule has 0 aromatic heterocycles. The van der Waals surface area contributed by atoms with Gasteiger partial charge in [0.2, 0.25) is 5.91 Å². The highest BCUT2D eigenvalue weighted by atomic mass is 16.5. The molecule has 0 saturated heterocycles. The Morgan fingerprint density at radius 2 is 1.90 bits per heavy atom. The summed E-state index contributed by atoms with van der Waals surface area (Å²) in [5.41, 5.74) is 6.37. The topological polar surface area (TPSA) is 122 Å². The smallest absolute Gasteiger partial charge is 0.328 e. The summed E-state index contributed by atoms with van der Waals surface area (Å²) >= 11 is 0. The second-order valence-corrected chi connectivity index (χ2v) is 4.60. The van der Waals surface area contributed by atoms with Crippen molar-refractivity contribution in [2.45, 2.75) is 31.2 Å². The fourth-order valence-electron chi connectivity index (χ4n) is 1.80. The molecule has 7 heteroatoms. The highest BCUT2D eigenvalue weighted by Crippen LogP contribution is 2.05. The quantitative estimate of drug-likeness (QED) is 0.375. The Balaban J connectivity index is 2.70. The van der Waals surface area contributed by atoms with Crippen molar-refractivity contribution in [2.75, 3.05) is 7.11 Å². The van der Waals surface area contributed by atoms with Crippen molar-refractivity contribution in [1.82, 2.24) is 5.32 Å². The molecule has 0 bridgehead atoms. The van der Waals surface area contributed by atoms with Crippen LogP contribution in [-0.2, 0) is 20.7 Å². The molecule has 1 rings (SSSR count). The van der Waals surface area contributed by atoms with Crippen LogP contribution in [0.3, 0.4) is 0 Å². The van der Waals surface area contributed by atoms with Gasteiger partial charge in [0.15, 0.2) is 6.29 Å². The van der Waals surface area contributed by atoms with E-state index in [9.17, 15) is 9.59 Å². The van der Waals surface area contributed by atoms with E-state index in [-0.39, 0.29) is 12.8 Å². The van der Waals surface area contributed by atoms with E-state index in [2.05, 4.69) is 10.1 Å². The van der Waals surface area contributed by atoms with E-state index in [0.29, 0.717) is 0 Å². The van der Waals surface area contributed by atoms with Gasteiger partial charge in [-0.05, 0) is 5.56 Å². The van der Waals surface area contributed by atoms with E-state index in [1.54, 1.807) is 0 Å². The molecule has 0 radical (unpaired) electrons. The summed E-state index contributed by atoms with van der Waals surface area (Å²) in [5, 5.41) is 20.1. The molecule has 0 spiro atoms. The Labute approximate surface area is 122 Å². The van der Waals surface area contributed by atoms with Gasteiger partial charge >= 0.3 is 5.97 Å². The zero-order valence-electron chi connectivity index (χ0n) is 11.7. The Hall–Kier alpha value is -1.96. The fraction of sp³-hybridized carbons (Fsp3) is 0.429. The van der Waals surface area contributed by atoms with Crippen molar-refractivity contribution >= 4 is 11.9 Å². The molecule has 1 aromatic carbocycles. The summed E-state index contributed by atoms with van der Waals surface area (Å²) in [6.45, 7) is 0. The Morgan fingerprint density at radius 3 is 2.43 bits per heavy atom. The van der Waals surface area contributed by atoms with Gasteiger partial charge in [0.05, 0.1) is 13.2 Å². The lowest BCUT2D eigenvalue weighted by Crippen LogP contribution is -2.50. The molecule has 7 nitrogen and oxygen atoms in total. The van der Waals surface area contributed by atoms with Crippen LogP contribution in [0.1, 0.15) is 12.0 Å². The van der Waals surface area contributed by atoms with Gasteiger partial charge in [-0.15, -0.1) is 0 Å². The van der Waals surface area contributed by atoms with Crippen LogP contribution in [0.15, 0.2) is 30.3 Å². The van der Waals surface area contributed by atoms with Crippen LogP contribution < -0.4 is 11.1 Å². The number of aliphatic hydroxyl groups is 2. The minimum Gasteiger partial charge on any atom is -0.467 e. The average Bonchev–Trinajstić information content (AvgIpc) is 2.46. The Morgan fingerprint density at radius 1 is 1.29 bits per heavy atom. The summed E-state index contributed by atoms with van der Waals surface area (Å²) in [7, 11) is 1.23. The SMILES string of the molecule is COC(=O)[C@H](Cc1ccccc1)NC(=O)[C@@H](N)CC(O)O. The molecule has 0 heterocycles. The molecule has 2 atom stereocenters. The minimum atomic E-state index is -1.68. The molecule has 0 aliphatic rings. The lowest BCUT2D eigenvalue weighted by atomic mass is 10.1. The third kappa shape index (κ3) is 5.90. The fourth-order valence-corrected chi connectivity index (χ4v) is 1.80. The lowest BCUT2D eigenvalue weighted by molar-refractivity contribution is -0.145. The first-order chi connectivity index (χ1) is 9.93. The van der Waals surface area contributed by atoms with Gasteiger partial charge in [-0.3, -0.25) is 4.79 Å². The first-order valence-electron chi connectivity index (χ1n) is 6.48. The maximum Gasteiger partial charge on any atom is 0.328 e. The zero-order valence-corrected chi connectivity index (χ0v) is 11.7. The number of ether oxygens (including phenoxy) is 1. The van der Waals surface area contributed by atoms with Crippen molar-refractivity contribution in [2.24, 2.45) is 5.73 Å². The summed E-state index contributed by atoms with van der Waals surface area (Å²) in [6.07, 6.45) is -1.74. The van der Waals surface area contributed by atoms with Crippen LogP contribution in [0.2, 0.25) is 0 Å². The second kappa shape index (κ2) is 8.35. The number of hydrogen-bond donors (Lipinski definition) is 4. The predicted molar refractivity (Wildman–Crippen MR) is 74.9 cm³/mol. The molecule has 0 aliphatic heterocycles. The van der Waals surface area contributed by atoms with E-state index >= 15 is 0 Å². The van der Waals surface area contributed by atoms with Crippen molar-refractivity contribution in [3.05, 3.63) is 35.9 Å². The number of esters is 1. The number of nitrogens with one attached hydrogen (secondary N) is 1. The van der Waals surface area contributed by atoms with Crippen LogP contribution in [0.4, 0.5) is 0 Å². The van der Waals surface area contributed by atoms with Gasteiger partial charge in [-0.2, -0.15) is 0 Å². The molecule has 0 unspecified atom stereocenters. The molecule has 0 aliphatic carbocycles. The van der Waals surface area contributed by atoms with Crippen LogP contribution >= 0.6 is 0 Å². The number of amides is 1. The van der Waals surface area contributed by atoms with Crippen LogP contribution in [-0.4, -0.2) is 47.6 Å². The Bertz CT molecular complexity index is 464. The van der Waals surface area contributed by atoms with E-state index in [0.717, 1.165) is 5.56 Å². The number of rotatable bonds is 7. The molecule has 0 saturated carbocycles. The van der Waals surface area contributed by atoms with Crippen molar-refractivity contribution in [3.63, 3.8) is 0 Å². The van der Waals surface area contributed by atoms with Gasteiger partial charge in [0.1, 0.15) is 6.04 Å². The molecular weight excluding hydrogens is 276 g/mol. The largest absolute Gasteiger partial charge is 0.467 e. The number of benzene rings is 1. The number of aliphatic hydroxyl groups excluding tert-OH is 1. The molecular formula is C14H20N2O5. The molecule has 5 N–H and O–H groups in total. The number of carbonyl (C=O) groups is 2. The predicted octanol–water partition coefficient (Wildman–Crippen LogP) is -1.08. The Kier molecular flexibility index (Phi) is 6.80. The van der Waals surface area contributed by atoms with Gasteiger partial charge < -0.3 is 26.0 Å². The average molecular weight is 296 g/mol. The first-order valence-corrected chi connectivity index (χ1v) is 6.48. The normalized spacial score (nSPS) is 13.6. The maximum absolute atomic E-state index is 11.8. The summed E-state index contributed by atoms with van der Waals surface area (Å²) < 4.78 is 4.65. The third-order valence-electron chi connectivity index (χ3n) is 2.89. The third-order valence-corrected chi connectivity index (χ3v) is 2.89. The summed E-state index contributed by atoms with van der Waals surface area (Å²) in [5.74, 6) is -1.24. The van der Waals surface area contributed by atoms with Crippen LogP contribution in [0, 0.1) is 0 Å². The second-order valence-electron chi connectivity index (χ2n) is 4.60. The lowest BCUT2D eigenvalue weighted by Gasteiger charge is -2.19. The number of hydrogen-bond acceptors (Lipinski definition) is 6. The number of methoxy groups -OCH3 is 1. The van der Waals surface area contributed by atoms with Gasteiger partial charge in [0.25, 0.3) is 0 Å². The summed E-state index contributed by atoms with van der Waals surface area (Å²) in [6, 6.07) is 7.12. The van der Waals surface area contributed by atoms with E-state index in [1.807, 2.05) is 30.3 Å². The van der Waals surface area contributed by atoms with Crippen LogP contribution in [0.5, 0.6) is 0 Å². The number of nitrogens with two attached hydrogens (primary N) is 1. The monoisotopic (exact) mass is 296 g/mol. The van der Waals surface area contributed by atoms with Gasteiger partial charge in [-0.25, -0.2) is 4.79 Å². The van der Waals surface area contributed by atoms with E-state index < -0.39 is 30.3 Å². The maximum atomic E-state index is 11.8. The molecule has 116 valence electrons. The summed E-state index contributed by atoms with van der Waals surface area (Å²) in [4.78, 5) is 23.6. The van der Waals surface area contributed by atoms with Crippen molar-refractivity contribution < 1.29 is 24.5 Å². The number of carbonyl (C=O) groups excluding carboxylic acids is 2. The minimum absolute atomic E-state index is 0.258. The molecule has 0 fully saturated rings. The van der Waals surface area contributed by atoms with Crippen molar-refractivity contribution in [3.8, 4) is 0 Å². The molecule has 21 heavy (non-hydrogen) atoms. The standard InChI is InChI=1S/C14H20N2O5/c1-21-14(20)11(7-9-5-3-2-4-6-9)16-13(19)10(15)8-12(17)18/h2-6,10-12,17-18H,7-8,15H2,1H3,(H,16,19)/t10-,11-/m0/s1. The molecule has 1 amide bonds. The van der Waals surface area contributed by atoms with Crippen LogP contribution in [0.25, 0.3) is 0 Å². The van der Waals surface area contributed by atoms with Gasteiger partial charge in [0, 0.05) is 12.8 Å². The van der Waals surface area contributed by atoms with Crippen molar-refractivity contribution in [1.29, 1.82) is 0 Å². The van der Waals surface area contributed by atoms with E-state index in [1.165, 1.54) is 7.11 Å².